The Hall–Kier alpha value is -1.69. The van der Waals surface area contributed by atoms with E-state index in [1.54, 1.807) is 12.3 Å². The van der Waals surface area contributed by atoms with Gasteiger partial charge < -0.3 is 9.73 Å². The first-order valence-electron chi connectivity index (χ1n) is 5.77. The van der Waals surface area contributed by atoms with E-state index in [4.69, 9.17) is 4.42 Å². The number of rotatable bonds is 4. The minimum Gasteiger partial charge on any atom is -0.444 e. The number of hydrogen-bond donors (Lipinski definition) is 1. The first kappa shape index (κ1) is 13.7. The zero-order valence-electron chi connectivity index (χ0n) is 10.2. The molecule has 0 saturated carbocycles. The van der Waals surface area contributed by atoms with Crippen LogP contribution in [0.5, 0.6) is 0 Å². The van der Waals surface area contributed by atoms with Gasteiger partial charge in [-0.05, 0) is 28.1 Å². The van der Waals surface area contributed by atoms with E-state index in [0.29, 0.717) is 10.4 Å². The Kier molecular flexibility index (Phi) is 4.31. The fourth-order valence-corrected chi connectivity index (χ4v) is 2.07. The van der Waals surface area contributed by atoms with E-state index >= 15 is 0 Å². The molecular weight excluding hydrogens is 315 g/mol. The van der Waals surface area contributed by atoms with E-state index in [-0.39, 0.29) is 12.1 Å². The van der Waals surface area contributed by atoms with Crippen molar-refractivity contribution in [1.29, 1.82) is 0 Å². The highest BCUT2D eigenvalue weighted by Crippen LogP contribution is 2.19. The molecule has 0 aliphatic heterocycles. The lowest BCUT2D eigenvalue weighted by atomic mass is 10.2. The highest BCUT2D eigenvalue weighted by atomic mass is 79.9. The molecule has 19 heavy (non-hydrogen) atoms. The van der Waals surface area contributed by atoms with Gasteiger partial charge in [0, 0.05) is 10.9 Å². The van der Waals surface area contributed by atoms with Crippen molar-refractivity contribution in [2.24, 2.45) is 0 Å². The summed E-state index contributed by atoms with van der Waals surface area (Å²) in [6.45, 7) is 2.07. The summed E-state index contributed by atoms with van der Waals surface area (Å²) < 4.78 is 19.3. The summed E-state index contributed by atoms with van der Waals surface area (Å²) in [6, 6.07) is 4.37. The number of hydrogen-bond acceptors (Lipinski definition) is 3. The lowest BCUT2D eigenvalue weighted by molar-refractivity contribution is 0.0942. The van der Waals surface area contributed by atoms with Gasteiger partial charge in [-0.15, -0.1) is 0 Å². The zero-order chi connectivity index (χ0) is 13.8. The molecule has 0 aliphatic carbocycles. The van der Waals surface area contributed by atoms with Gasteiger partial charge in [0.1, 0.15) is 11.6 Å². The van der Waals surface area contributed by atoms with Crippen molar-refractivity contribution >= 4 is 21.8 Å². The number of nitrogens with one attached hydrogen (secondary N) is 1. The Morgan fingerprint density at radius 2 is 2.32 bits per heavy atom. The molecule has 6 heteroatoms. The molecule has 0 saturated heterocycles. The molecule has 1 N–H and O–H groups in total. The van der Waals surface area contributed by atoms with E-state index in [1.807, 2.05) is 6.92 Å². The van der Waals surface area contributed by atoms with E-state index in [9.17, 15) is 9.18 Å². The molecule has 0 fully saturated rings. The molecule has 2 rings (SSSR count). The lowest BCUT2D eigenvalue weighted by Crippen LogP contribution is -2.24. The summed E-state index contributed by atoms with van der Waals surface area (Å²) in [4.78, 5) is 15.9. The quantitative estimate of drug-likeness (QED) is 0.939. The monoisotopic (exact) mass is 326 g/mol. The van der Waals surface area contributed by atoms with Gasteiger partial charge in [-0.3, -0.25) is 4.79 Å². The van der Waals surface area contributed by atoms with Crippen LogP contribution in [0.25, 0.3) is 0 Å². The van der Waals surface area contributed by atoms with Crippen molar-refractivity contribution in [3.63, 3.8) is 0 Å². The third-order valence-electron chi connectivity index (χ3n) is 2.54. The molecule has 1 aromatic carbocycles. The van der Waals surface area contributed by atoms with Gasteiger partial charge >= 0.3 is 0 Å². The smallest absolute Gasteiger partial charge is 0.255 e. The van der Waals surface area contributed by atoms with Crippen LogP contribution in [0.4, 0.5) is 4.39 Å². The zero-order valence-corrected chi connectivity index (χ0v) is 11.8. The molecule has 0 atom stereocenters. The highest BCUT2D eigenvalue weighted by molar-refractivity contribution is 9.10. The molecule has 0 bridgehead atoms. The SMILES string of the molecule is CCc1cnc(CNC(=O)c2c(F)cccc2Br)o1. The van der Waals surface area contributed by atoms with Gasteiger partial charge in [0.25, 0.3) is 5.91 Å². The number of nitrogens with zero attached hydrogens (tertiary/aromatic N) is 1. The number of aryl methyl sites for hydroxylation is 1. The maximum absolute atomic E-state index is 13.6. The standard InChI is InChI=1S/C13H12BrFN2O2/c1-2-8-6-16-11(19-8)7-17-13(18)12-9(14)4-3-5-10(12)15/h3-6H,2,7H2,1H3,(H,17,18). The minimum absolute atomic E-state index is 0.0234. The summed E-state index contributed by atoms with van der Waals surface area (Å²) in [6.07, 6.45) is 2.35. The third-order valence-corrected chi connectivity index (χ3v) is 3.20. The molecule has 0 radical (unpaired) electrons. The van der Waals surface area contributed by atoms with Crippen LogP contribution >= 0.6 is 15.9 Å². The second-order valence-electron chi connectivity index (χ2n) is 3.85. The minimum atomic E-state index is -0.575. The van der Waals surface area contributed by atoms with Crippen molar-refractivity contribution in [1.82, 2.24) is 10.3 Å². The van der Waals surface area contributed by atoms with Gasteiger partial charge in [-0.25, -0.2) is 9.37 Å². The predicted molar refractivity (Wildman–Crippen MR) is 71.2 cm³/mol. The number of carbonyl (C=O) groups excluding carboxylic acids is 1. The largest absolute Gasteiger partial charge is 0.444 e. The van der Waals surface area contributed by atoms with Crippen LogP contribution in [0, 0.1) is 5.82 Å². The summed E-state index contributed by atoms with van der Waals surface area (Å²) in [7, 11) is 0. The first-order chi connectivity index (χ1) is 9.11. The lowest BCUT2D eigenvalue weighted by Gasteiger charge is -2.06. The Bertz CT molecular complexity index is 578. The normalized spacial score (nSPS) is 10.5. The number of oxazole rings is 1. The number of aromatic nitrogens is 1. The average Bonchev–Trinajstić information content (AvgIpc) is 2.84. The summed E-state index contributed by atoms with van der Waals surface area (Å²) in [5, 5.41) is 2.57. The van der Waals surface area contributed by atoms with Crippen LogP contribution in [-0.2, 0) is 13.0 Å². The summed E-state index contributed by atoms with van der Waals surface area (Å²) in [5.74, 6) is 0.0590. The Balaban J connectivity index is 2.05. The number of carbonyl (C=O) groups is 1. The van der Waals surface area contributed by atoms with Crippen molar-refractivity contribution in [2.45, 2.75) is 19.9 Å². The summed E-state index contributed by atoms with van der Waals surface area (Å²) >= 11 is 3.15. The maximum atomic E-state index is 13.6. The number of benzene rings is 1. The molecule has 4 nitrogen and oxygen atoms in total. The van der Waals surface area contributed by atoms with Crippen molar-refractivity contribution in [3.8, 4) is 0 Å². The highest BCUT2D eigenvalue weighted by Gasteiger charge is 2.15. The molecule has 0 spiro atoms. The second-order valence-corrected chi connectivity index (χ2v) is 4.71. The molecule has 100 valence electrons. The van der Waals surface area contributed by atoms with Crippen LogP contribution in [0.15, 0.2) is 33.3 Å². The van der Waals surface area contributed by atoms with Gasteiger partial charge in [0.05, 0.1) is 18.3 Å². The summed E-state index contributed by atoms with van der Waals surface area (Å²) in [5.41, 5.74) is -0.0234. The second kappa shape index (κ2) is 5.97. The molecule has 1 heterocycles. The molecule has 0 aliphatic rings. The Labute approximate surface area is 118 Å². The van der Waals surface area contributed by atoms with Crippen molar-refractivity contribution in [2.75, 3.05) is 0 Å². The fourth-order valence-electron chi connectivity index (χ4n) is 1.55. The molecule has 2 aromatic rings. The van der Waals surface area contributed by atoms with E-state index < -0.39 is 11.7 Å². The third kappa shape index (κ3) is 3.20. The van der Waals surface area contributed by atoms with Crippen molar-refractivity contribution in [3.05, 3.63) is 51.9 Å². The van der Waals surface area contributed by atoms with Gasteiger partial charge in [-0.1, -0.05) is 13.0 Å². The molecule has 1 amide bonds. The van der Waals surface area contributed by atoms with Crippen LogP contribution in [-0.4, -0.2) is 10.9 Å². The van der Waals surface area contributed by atoms with Gasteiger partial charge in [0.15, 0.2) is 0 Å². The van der Waals surface area contributed by atoms with Crippen LogP contribution < -0.4 is 5.32 Å². The predicted octanol–water partition coefficient (Wildman–Crippen LogP) is 3.07. The van der Waals surface area contributed by atoms with Crippen LogP contribution in [0.1, 0.15) is 28.9 Å². The average molecular weight is 327 g/mol. The van der Waals surface area contributed by atoms with E-state index in [1.165, 1.54) is 12.1 Å². The fraction of sp³-hybridized carbons (Fsp3) is 0.231. The van der Waals surface area contributed by atoms with Gasteiger partial charge in [-0.2, -0.15) is 0 Å². The number of amides is 1. The number of halogens is 2. The van der Waals surface area contributed by atoms with Crippen LogP contribution in [0.2, 0.25) is 0 Å². The Morgan fingerprint density at radius 3 is 2.95 bits per heavy atom. The molecule has 1 aromatic heterocycles. The van der Waals surface area contributed by atoms with Gasteiger partial charge in [0.2, 0.25) is 5.89 Å². The van der Waals surface area contributed by atoms with Crippen LogP contribution in [0.3, 0.4) is 0 Å². The Morgan fingerprint density at radius 1 is 1.53 bits per heavy atom. The first-order valence-corrected chi connectivity index (χ1v) is 6.57. The molecule has 0 unspecified atom stereocenters. The van der Waals surface area contributed by atoms with E-state index in [2.05, 4.69) is 26.2 Å². The van der Waals surface area contributed by atoms with Crippen molar-refractivity contribution < 1.29 is 13.6 Å². The van der Waals surface area contributed by atoms with E-state index in [0.717, 1.165) is 12.2 Å². The molecular formula is C13H12BrFN2O2. The topological polar surface area (TPSA) is 55.1 Å². The maximum Gasteiger partial charge on any atom is 0.255 e.